The molecule has 5 heteroatoms. The van der Waals surface area contributed by atoms with E-state index >= 15 is 0 Å². The molecule has 2 aromatic heterocycles. The van der Waals surface area contributed by atoms with Crippen molar-refractivity contribution < 1.29 is 0 Å². The summed E-state index contributed by atoms with van der Waals surface area (Å²) in [4.78, 5) is 20.1. The lowest BCUT2D eigenvalue weighted by molar-refractivity contribution is 0.877. The van der Waals surface area contributed by atoms with Crippen molar-refractivity contribution in [1.29, 1.82) is 0 Å². The quantitative estimate of drug-likeness (QED) is 0.616. The van der Waals surface area contributed by atoms with Crippen LogP contribution in [0.5, 0.6) is 0 Å². The summed E-state index contributed by atoms with van der Waals surface area (Å²) in [5.41, 5.74) is 3.97. The molecule has 0 aliphatic carbocycles. The Morgan fingerprint density at radius 3 is 2.38 bits per heavy atom. The molecule has 0 unspecified atom stereocenters. The molecule has 5 nitrogen and oxygen atoms in total. The van der Waals surface area contributed by atoms with Gasteiger partial charge in [0.25, 0.3) is 5.56 Å². The number of fused-ring (bicyclic) bond motifs is 1. The molecule has 118 valence electrons. The smallest absolute Gasteiger partial charge is 0.262 e. The third-order valence-corrected chi connectivity index (χ3v) is 4.04. The Balaban J connectivity index is 2.00. The first-order chi connectivity index (χ1) is 11.6. The number of nitrogens with zero attached hydrogens (tertiary/aromatic N) is 3. The third kappa shape index (κ3) is 2.31. The predicted molar refractivity (Wildman–Crippen MR) is 94.4 cm³/mol. The van der Waals surface area contributed by atoms with Crippen molar-refractivity contribution in [3.05, 3.63) is 76.2 Å². The lowest BCUT2D eigenvalue weighted by Crippen LogP contribution is -2.10. The minimum Gasteiger partial charge on any atom is -0.306 e. The van der Waals surface area contributed by atoms with Gasteiger partial charge in [0.05, 0.1) is 11.4 Å². The molecule has 0 radical (unpaired) electrons. The van der Waals surface area contributed by atoms with Gasteiger partial charge in [-0.25, -0.2) is 9.67 Å². The lowest BCUT2D eigenvalue weighted by atomic mass is 10.1. The summed E-state index contributed by atoms with van der Waals surface area (Å²) in [5, 5.41) is 5.03. The molecule has 0 aliphatic rings. The first-order valence-corrected chi connectivity index (χ1v) is 7.75. The van der Waals surface area contributed by atoms with Crippen molar-refractivity contribution in [1.82, 2.24) is 19.7 Å². The molecule has 0 spiro atoms. The molecule has 2 heterocycles. The normalized spacial score (nSPS) is 11.1. The molecule has 0 bridgehead atoms. The van der Waals surface area contributed by atoms with Crippen LogP contribution in [0.15, 0.2) is 59.4 Å². The van der Waals surface area contributed by atoms with Gasteiger partial charge in [0.2, 0.25) is 0 Å². The van der Waals surface area contributed by atoms with E-state index in [4.69, 9.17) is 0 Å². The molecule has 4 aromatic rings. The zero-order valence-electron chi connectivity index (χ0n) is 13.4. The van der Waals surface area contributed by atoms with Crippen molar-refractivity contribution in [3.63, 3.8) is 0 Å². The monoisotopic (exact) mass is 316 g/mol. The van der Waals surface area contributed by atoms with Crippen LogP contribution in [0, 0.1) is 13.8 Å². The molecule has 0 atom stereocenters. The number of para-hydroxylation sites is 1. The fraction of sp³-hybridized carbons (Fsp3) is 0.105. The fourth-order valence-electron chi connectivity index (χ4n) is 2.79. The highest BCUT2D eigenvalue weighted by Gasteiger charge is 2.15. The minimum absolute atomic E-state index is 0.171. The number of rotatable bonds is 2. The SMILES string of the molecule is Cc1ccc(-c2nc3c(c(C)nn3-c3ccccc3)c(=O)[nH]2)cc1. The van der Waals surface area contributed by atoms with E-state index in [1.54, 1.807) is 4.68 Å². The van der Waals surface area contributed by atoms with Gasteiger partial charge in [-0.3, -0.25) is 4.79 Å². The zero-order valence-corrected chi connectivity index (χ0v) is 13.4. The summed E-state index contributed by atoms with van der Waals surface area (Å²) in [5.74, 6) is 0.546. The Hall–Kier alpha value is -3.21. The van der Waals surface area contributed by atoms with Crippen LogP contribution in [0.4, 0.5) is 0 Å². The van der Waals surface area contributed by atoms with Crippen LogP contribution >= 0.6 is 0 Å². The van der Waals surface area contributed by atoms with E-state index in [1.165, 1.54) is 0 Å². The maximum atomic E-state index is 12.6. The number of hydrogen-bond acceptors (Lipinski definition) is 3. The Kier molecular flexibility index (Phi) is 3.27. The molecule has 2 aromatic carbocycles. The number of benzene rings is 2. The second kappa shape index (κ2) is 5.45. The molecular formula is C19H16N4O. The van der Waals surface area contributed by atoms with E-state index in [-0.39, 0.29) is 5.56 Å². The summed E-state index contributed by atoms with van der Waals surface area (Å²) in [6.07, 6.45) is 0. The molecule has 0 fully saturated rings. The summed E-state index contributed by atoms with van der Waals surface area (Å²) in [6.45, 7) is 3.85. The number of aromatic amines is 1. The van der Waals surface area contributed by atoms with Crippen molar-refractivity contribution in [2.45, 2.75) is 13.8 Å². The van der Waals surface area contributed by atoms with Gasteiger partial charge in [0, 0.05) is 5.56 Å². The van der Waals surface area contributed by atoms with Gasteiger partial charge in [-0.1, -0.05) is 48.0 Å². The maximum Gasteiger partial charge on any atom is 0.262 e. The van der Waals surface area contributed by atoms with Crippen molar-refractivity contribution in [3.8, 4) is 17.1 Å². The van der Waals surface area contributed by atoms with Gasteiger partial charge in [0.15, 0.2) is 5.65 Å². The molecule has 24 heavy (non-hydrogen) atoms. The summed E-state index contributed by atoms with van der Waals surface area (Å²) in [6, 6.07) is 17.6. The number of H-pyrrole nitrogens is 1. The number of aryl methyl sites for hydroxylation is 2. The molecule has 0 saturated carbocycles. The Bertz CT molecular complexity index is 1080. The van der Waals surface area contributed by atoms with E-state index in [0.29, 0.717) is 22.6 Å². The van der Waals surface area contributed by atoms with Crippen molar-refractivity contribution >= 4 is 11.0 Å². The van der Waals surface area contributed by atoms with Crippen LogP contribution in [-0.2, 0) is 0 Å². The van der Waals surface area contributed by atoms with Crippen LogP contribution in [-0.4, -0.2) is 19.7 Å². The average Bonchev–Trinajstić information content (AvgIpc) is 2.93. The van der Waals surface area contributed by atoms with Crippen LogP contribution in [0.1, 0.15) is 11.3 Å². The number of aromatic nitrogens is 4. The number of nitrogens with one attached hydrogen (secondary N) is 1. The molecule has 0 saturated heterocycles. The second-order valence-corrected chi connectivity index (χ2v) is 5.81. The van der Waals surface area contributed by atoms with Gasteiger partial charge in [-0.2, -0.15) is 5.10 Å². The Morgan fingerprint density at radius 2 is 1.67 bits per heavy atom. The molecular weight excluding hydrogens is 300 g/mol. The summed E-state index contributed by atoms with van der Waals surface area (Å²) in [7, 11) is 0. The predicted octanol–water partition coefficient (Wildman–Crippen LogP) is 3.39. The van der Waals surface area contributed by atoms with E-state index in [2.05, 4.69) is 15.1 Å². The summed E-state index contributed by atoms with van der Waals surface area (Å²) >= 11 is 0. The largest absolute Gasteiger partial charge is 0.306 e. The molecule has 1 N–H and O–H groups in total. The second-order valence-electron chi connectivity index (χ2n) is 5.81. The van der Waals surface area contributed by atoms with Crippen molar-refractivity contribution in [2.75, 3.05) is 0 Å². The van der Waals surface area contributed by atoms with Crippen molar-refractivity contribution in [2.24, 2.45) is 0 Å². The van der Waals surface area contributed by atoms with Gasteiger partial charge in [-0.05, 0) is 26.0 Å². The standard InChI is InChI=1S/C19H16N4O/c1-12-8-10-14(11-9-12)17-20-18-16(19(24)21-17)13(2)22-23(18)15-6-4-3-5-7-15/h3-11H,1-2H3,(H,20,21,24). The van der Waals surface area contributed by atoms with E-state index in [0.717, 1.165) is 16.8 Å². The fourth-order valence-corrected chi connectivity index (χ4v) is 2.79. The van der Waals surface area contributed by atoms with E-state index in [1.807, 2.05) is 68.4 Å². The van der Waals surface area contributed by atoms with Gasteiger partial charge in [-0.15, -0.1) is 0 Å². The average molecular weight is 316 g/mol. The minimum atomic E-state index is -0.171. The lowest BCUT2D eigenvalue weighted by Gasteiger charge is -2.05. The molecule has 0 aliphatic heterocycles. The maximum absolute atomic E-state index is 12.6. The molecule has 0 amide bonds. The van der Waals surface area contributed by atoms with Gasteiger partial charge in [0.1, 0.15) is 11.2 Å². The van der Waals surface area contributed by atoms with E-state index in [9.17, 15) is 4.79 Å². The van der Waals surface area contributed by atoms with Gasteiger partial charge >= 0.3 is 0 Å². The highest BCUT2D eigenvalue weighted by molar-refractivity contribution is 5.80. The zero-order chi connectivity index (χ0) is 16.7. The van der Waals surface area contributed by atoms with Crippen LogP contribution in [0.3, 0.4) is 0 Å². The van der Waals surface area contributed by atoms with Crippen LogP contribution < -0.4 is 5.56 Å². The van der Waals surface area contributed by atoms with E-state index < -0.39 is 0 Å². The van der Waals surface area contributed by atoms with Crippen LogP contribution in [0.2, 0.25) is 0 Å². The number of hydrogen-bond donors (Lipinski definition) is 1. The highest BCUT2D eigenvalue weighted by Crippen LogP contribution is 2.21. The first-order valence-electron chi connectivity index (χ1n) is 7.75. The third-order valence-electron chi connectivity index (χ3n) is 4.04. The Morgan fingerprint density at radius 1 is 0.958 bits per heavy atom. The first kappa shape index (κ1) is 14.4. The van der Waals surface area contributed by atoms with Gasteiger partial charge < -0.3 is 4.98 Å². The topological polar surface area (TPSA) is 63.6 Å². The Labute approximate surface area is 138 Å². The molecule has 4 rings (SSSR count). The summed E-state index contributed by atoms with van der Waals surface area (Å²) < 4.78 is 1.72. The van der Waals surface area contributed by atoms with Crippen LogP contribution in [0.25, 0.3) is 28.1 Å². The highest BCUT2D eigenvalue weighted by atomic mass is 16.1.